The molecule has 41 heavy (non-hydrogen) atoms. The summed E-state index contributed by atoms with van der Waals surface area (Å²) in [7, 11) is 0. The highest BCUT2D eigenvalue weighted by molar-refractivity contribution is 9.10. The van der Waals surface area contributed by atoms with Crippen LogP contribution in [0.4, 0.5) is 18.9 Å². The van der Waals surface area contributed by atoms with Crippen LogP contribution in [0.3, 0.4) is 0 Å². The molecule has 4 unspecified atom stereocenters. The maximum Gasteiger partial charge on any atom is 0.416 e. The molecule has 6 rings (SSSR count). The van der Waals surface area contributed by atoms with Gasteiger partial charge in [0.25, 0.3) is 0 Å². The molecule has 3 heterocycles. The second kappa shape index (κ2) is 9.95. The van der Waals surface area contributed by atoms with Crippen LogP contribution in [-0.2, 0) is 15.8 Å². The Hall–Kier alpha value is -4.31. The maximum atomic E-state index is 13.9. The van der Waals surface area contributed by atoms with Crippen molar-refractivity contribution in [3.63, 3.8) is 0 Å². The Balaban J connectivity index is 1.43. The molecule has 0 saturated carbocycles. The molecule has 0 spiro atoms. The molecule has 3 aliphatic rings. The smallest absolute Gasteiger partial charge is 0.359 e. The lowest BCUT2D eigenvalue weighted by Crippen LogP contribution is -2.46. The van der Waals surface area contributed by atoms with Crippen molar-refractivity contribution in [3.8, 4) is 0 Å². The molecule has 0 aliphatic carbocycles. The van der Waals surface area contributed by atoms with Crippen LogP contribution in [0.5, 0.6) is 0 Å². The summed E-state index contributed by atoms with van der Waals surface area (Å²) in [5, 5.41) is 0. The van der Waals surface area contributed by atoms with Crippen LogP contribution in [0.1, 0.15) is 26.3 Å². The molecule has 3 aliphatic heterocycles. The molecule has 206 valence electrons. The van der Waals surface area contributed by atoms with Crippen molar-refractivity contribution in [1.29, 1.82) is 0 Å². The van der Waals surface area contributed by atoms with Gasteiger partial charge < -0.3 is 4.90 Å². The number of benzene rings is 3. The minimum absolute atomic E-state index is 0.221. The standard InChI is InChI=1S/C31H20BrF3N2O4/c32-21-11-9-18(10-12-21)28(39)26-25-24(23-15-19(13-14-36(23)26)27(38)17-5-2-1-3-6-17)29(40)37(30(25)41)22-8-4-7-20(16-22)31(33,34)35/h1-16,23-26H. The highest BCUT2D eigenvalue weighted by Gasteiger charge is 2.63. The Morgan fingerprint density at radius 2 is 1.49 bits per heavy atom. The van der Waals surface area contributed by atoms with E-state index in [-0.39, 0.29) is 17.0 Å². The number of rotatable bonds is 5. The van der Waals surface area contributed by atoms with Gasteiger partial charge in [-0.05, 0) is 36.4 Å². The van der Waals surface area contributed by atoms with Gasteiger partial charge in [0.1, 0.15) is 6.04 Å². The SMILES string of the molecule is O=C(C1=CC2C3C(=O)N(c4cccc(C(F)(F)F)c4)C(=O)C3C(C(=O)c3ccc(Br)cc3)N2C=C1)c1ccccc1. The van der Waals surface area contributed by atoms with E-state index in [2.05, 4.69) is 15.9 Å². The molecule has 0 bridgehead atoms. The number of hydrogen-bond donors (Lipinski definition) is 0. The van der Waals surface area contributed by atoms with E-state index < -0.39 is 53.3 Å². The van der Waals surface area contributed by atoms with Gasteiger partial charge in [0.2, 0.25) is 11.8 Å². The van der Waals surface area contributed by atoms with Crippen molar-refractivity contribution in [2.45, 2.75) is 18.3 Å². The van der Waals surface area contributed by atoms with E-state index in [9.17, 15) is 32.3 Å². The molecule has 4 atom stereocenters. The van der Waals surface area contributed by atoms with Crippen LogP contribution < -0.4 is 4.90 Å². The molecule has 10 heteroatoms. The number of nitrogens with zero attached hydrogens (tertiary/aromatic N) is 2. The zero-order chi connectivity index (χ0) is 29.1. The molecule has 3 aromatic carbocycles. The number of hydrogen-bond acceptors (Lipinski definition) is 5. The first-order valence-electron chi connectivity index (χ1n) is 12.7. The lowest BCUT2D eigenvalue weighted by atomic mass is 9.85. The molecule has 6 nitrogen and oxygen atoms in total. The summed E-state index contributed by atoms with van der Waals surface area (Å²) < 4.78 is 41.1. The molecule has 2 saturated heterocycles. The van der Waals surface area contributed by atoms with Gasteiger partial charge in [0.15, 0.2) is 11.6 Å². The number of ketones is 2. The van der Waals surface area contributed by atoms with Gasteiger partial charge in [-0.25, -0.2) is 4.90 Å². The number of carbonyl (C=O) groups is 4. The number of anilines is 1. The molecule has 3 aromatic rings. The van der Waals surface area contributed by atoms with Crippen LogP contribution in [0.2, 0.25) is 0 Å². The third-order valence-corrected chi connectivity index (χ3v) is 8.20. The number of amides is 2. The van der Waals surface area contributed by atoms with Crippen molar-refractivity contribution < 1.29 is 32.3 Å². The van der Waals surface area contributed by atoms with E-state index in [1.54, 1.807) is 77.8 Å². The topological polar surface area (TPSA) is 74.8 Å². The normalized spacial score (nSPS) is 23.4. The predicted octanol–water partition coefficient (Wildman–Crippen LogP) is 5.85. The number of fused-ring (bicyclic) bond motifs is 3. The van der Waals surface area contributed by atoms with Crippen molar-refractivity contribution in [3.05, 3.63) is 124 Å². The van der Waals surface area contributed by atoms with Gasteiger partial charge in [-0.15, -0.1) is 0 Å². The molecular formula is C31H20BrF3N2O4. The molecule has 0 aromatic heterocycles. The van der Waals surface area contributed by atoms with Crippen LogP contribution in [0.15, 0.2) is 107 Å². The van der Waals surface area contributed by atoms with E-state index in [4.69, 9.17) is 0 Å². The largest absolute Gasteiger partial charge is 0.416 e. The van der Waals surface area contributed by atoms with E-state index >= 15 is 0 Å². The monoisotopic (exact) mass is 620 g/mol. The fourth-order valence-electron chi connectivity index (χ4n) is 5.81. The van der Waals surface area contributed by atoms with Crippen LogP contribution >= 0.6 is 15.9 Å². The number of carbonyl (C=O) groups excluding carboxylic acids is 4. The predicted molar refractivity (Wildman–Crippen MR) is 147 cm³/mol. The Labute approximate surface area is 240 Å². The van der Waals surface area contributed by atoms with Crippen molar-refractivity contribution >= 4 is 45.0 Å². The summed E-state index contributed by atoms with van der Waals surface area (Å²) in [6, 6.07) is 17.1. The minimum Gasteiger partial charge on any atom is -0.359 e. The summed E-state index contributed by atoms with van der Waals surface area (Å²) in [6.45, 7) is 0. The Bertz CT molecular complexity index is 1650. The first-order valence-corrected chi connectivity index (χ1v) is 13.5. The van der Waals surface area contributed by atoms with E-state index in [0.717, 1.165) is 27.6 Å². The quantitative estimate of drug-likeness (QED) is 0.264. The van der Waals surface area contributed by atoms with Gasteiger partial charge in [-0.3, -0.25) is 19.2 Å². The highest BCUT2D eigenvalue weighted by Crippen LogP contribution is 2.47. The molecule has 0 N–H and O–H groups in total. The summed E-state index contributed by atoms with van der Waals surface area (Å²) >= 11 is 3.33. The average molecular weight is 621 g/mol. The van der Waals surface area contributed by atoms with Gasteiger partial charge in [0.05, 0.1) is 29.1 Å². The van der Waals surface area contributed by atoms with Gasteiger partial charge >= 0.3 is 6.18 Å². The number of Topliss-reactive ketones (excluding diaryl/α,β-unsaturated/α-hetero) is 2. The van der Waals surface area contributed by atoms with Gasteiger partial charge in [-0.1, -0.05) is 70.5 Å². The van der Waals surface area contributed by atoms with Crippen LogP contribution in [-0.4, -0.2) is 40.4 Å². The van der Waals surface area contributed by atoms with E-state index in [1.807, 2.05) is 0 Å². The zero-order valence-electron chi connectivity index (χ0n) is 21.1. The third kappa shape index (κ3) is 4.52. The first kappa shape index (κ1) is 26.9. The second-order valence-electron chi connectivity index (χ2n) is 10.00. The summed E-state index contributed by atoms with van der Waals surface area (Å²) in [6.07, 6.45) is -0.00904. The Morgan fingerprint density at radius 3 is 2.17 bits per heavy atom. The lowest BCUT2D eigenvalue weighted by molar-refractivity contribution is -0.137. The fourth-order valence-corrected chi connectivity index (χ4v) is 6.08. The highest BCUT2D eigenvalue weighted by atomic mass is 79.9. The minimum atomic E-state index is -4.68. The van der Waals surface area contributed by atoms with Crippen LogP contribution in [0, 0.1) is 11.8 Å². The lowest BCUT2D eigenvalue weighted by Gasteiger charge is -2.33. The number of imide groups is 1. The fraction of sp³-hybridized carbons (Fsp3) is 0.161. The van der Waals surface area contributed by atoms with E-state index in [0.29, 0.717) is 11.1 Å². The Kier molecular flexibility index (Phi) is 6.53. The van der Waals surface area contributed by atoms with Gasteiger partial charge in [-0.2, -0.15) is 13.2 Å². The third-order valence-electron chi connectivity index (χ3n) is 7.68. The van der Waals surface area contributed by atoms with Crippen LogP contribution in [0.25, 0.3) is 0 Å². The van der Waals surface area contributed by atoms with Gasteiger partial charge in [0, 0.05) is 27.4 Å². The summed E-state index contributed by atoms with van der Waals surface area (Å²) in [4.78, 5) is 57.2. The number of alkyl halides is 3. The number of halogens is 4. The maximum absolute atomic E-state index is 13.9. The van der Waals surface area contributed by atoms with Crippen molar-refractivity contribution in [2.24, 2.45) is 11.8 Å². The van der Waals surface area contributed by atoms with Crippen molar-refractivity contribution in [1.82, 2.24) is 4.90 Å². The Morgan fingerprint density at radius 1 is 0.805 bits per heavy atom. The average Bonchev–Trinajstić information content (AvgIpc) is 3.44. The molecule has 2 fully saturated rings. The summed E-state index contributed by atoms with van der Waals surface area (Å²) in [5.41, 5.74) is -0.215. The summed E-state index contributed by atoms with van der Waals surface area (Å²) in [5.74, 6) is -4.47. The molecule has 0 radical (unpaired) electrons. The molecular weight excluding hydrogens is 601 g/mol. The number of allylic oxidation sites excluding steroid dienone is 2. The second-order valence-corrected chi connectivity index (χ2v) is 10.9. The van der Waals surface area contributed by atoms with E-state index in [1.165, 1.54) is 6.07 Å². The zero-order valence-corrected chi connectivity index (χ0v) is 22.7. The first-order chi connectivity index (χ1) is 19.6. The molecule has 2 amide bonds. The van der Waals surface area contributed by atoms with Crippen molar-refractivity contribution in [2.75, 3.05) is 4.90 Å².